The largest absolute Gasteiger partial charge is 0.364 e. The molecule has 25 heavy (non-hydrogen) atoms. The lowest BCUT2D eigenvalue weighted by molar-refractivity contribution is 0.422. The average Bonchev–Trinajstić information content (AvgIpc) is 3.41. The van der Waals surface area contributed by atoms with E-state index in [2.05, 4.69) is 31.9 Å². The second kappa shape index (κ2) is 5.94. The number of imidazole rings is 1. The number of aryl methyl sites for hydroxylation is 1. The number of rotatable bonds is 3. The van der Waals surface area contributed by atoms with Crippen LogP contribution in [-0.4, -0.2) is 31.4 Å². The van der Waals surface area contributed by atoms with Crippen LogP contribution in [0.25, 0.3) is 10.7 Å². The summed E-state index contributed by atoms with van der Waals surface area (Å²) in [4.78, 5) is 7.37. The van der Waals surface area contributed by atoms with E-state index in [1.54, 1.807) is 17.6 Å². The van der Waals surface area contributed by atoms with Crippen molar-refractivity contribution in [2.24, 2.45) is 7.05 Å². The smallest absolute Gasteiger partial charge is 0.209 e. The summed E-state index contributed by atoms with van der Waals surface area (Å²) >= 11 is 1.57. The van der Waals surface area contributed by atoms with Crippen LogP contribution < -0.4 is 4.90 Å². The summed E-state index contributed by atoms with van der Waals surface area (Å²) in [6, 6.07) is 2.10. The van der Waals surface area contributed by atoms with Gasteiger partial charge in [0.25, 0.3) is 0 Å². The molecule has 4 heterocycles. The minimum Gasteiger partial charge on any atom is -0.364 e. The first-order valence-corrected chi connectivity index (χ1v) is 9.68. The van der Waals surface area contributed by atoms with Gasteiger partial charge in [0, 0.05) is 25.4 Å². The fourth-order valence-electron chi connectivity index (χ4n) is 4.03. The SMILES string of the molecule is Cn1c([C@@H]2CCCN2c2nnc(-c3ccon3)s2)nc2c1CCCC2. The topological polar surface area (TPSA) is 72.9 Å². The van der Waals surface area contributed by atoms with Crippen LogP contribution in [0, 0.1) is 0 Å². The van der Waals surface area contributed by atoms with Gasteiger partial charge in [0.15, 0.2) is 5.01 Å². The third kappa shape index (κ3) is 2.47. The van der Waals surface area contributed by atoms with Gasteiger partial charge in [-0.3, -0.25) is 0 Å². The predicted octanol–water partition coefficient (Wildman–Crippen LogP) is 3.15. The van der Waals surface area contributed by atoms with Crippen molar-refractivity contribution in [2.75, 3.05) is 11.4 Å². The van der Waals surface area contributed by atoms with Gasteiger partial charge in [-0.1, -0.05) is 16.5 Å². The minimum absolute atomic E-state index is 0.286. The molecule has 0 N–H and O–H groups in total. The Bertz CT molecular complexity index is 883. The highest BCUT2D eigenvalue weighted by molar-refractivity contribution is 7.18. The lowest BCUT2D eigenvalue weighted by atomic mass is 10.0. The van der Waals surface area contributed by atoms with Gasteiger partial charge < -0.3 is 14.0 Å². The van der Waals surface area contributed by atoms with Crippen LogP contribution in [0.2, 0.25) is 0 Å². The number of hydrogen-bond acceptors (Lipinski definition) is 7. The molecule has 0 spiro atoms. The van der Waals surface area contributed by atoms with E-state index in [4.69, 9.17) is 9.51 Å². The van der Waals surface area contributed by atoms with Gasteiger partial charge in [0.2, 0.25) is 5.13 Å². The quantitative estimate of drug-likeness (QED) is 0.718. The van der Waals surface area contributed by atoms with Crippen LogP contribution in [0.4, 0.5) is 5.13 Å². The molecule has 3 aromatic rings. The standard InChI is InChI=1S/C17H20N6OS/c1-22-13-6-3-2-5-11(13)18-15(22)14-7-4-9-23(14)17-20-19-16(25-17)12-8-10-24-21-12/h8,10,14H,2-7,9H2,1H3/t14-/m0/s1. The van der Waals surface area contributed by atoms with E-state index in [0.29, 0.717) is 0 Å². The molecule has 0 bridgehead atoms. The van der Waals surface area contributed by atoms with Crippen LogP contribution in [-0.2, 0) is 19.9 Å². The van der Waals surface area contributed by atoms with Crippen LogP contribution >= 0.6 is 11.3 Å². The summed E-state index contributed by atoms with van der Waals surface area (Å²) in [6.07, 6.45) is 8.63. The molecule has 5 rings (SSSR count). The average molecular weight is 356 g/mol. The lowest BCUT2D eigenvalue weighted by Crippen LogP contribution is -2.25. The molecule has 2 aliphatic rings. The Morgan fingerprint density at radius 1 is 1.20 bits per heavy atom. The van der Waals surface area contributed by atoms with E-state index < -0.39 is 0 Å². The normalized spacial score (nSPS) is 20.2. The summed E-state index contributed by atoms with van der Waals surface area (Å²) in [6.45, 7) is 0.996. The molecule has 0 aromatic carbocycles. The maximum Gasteiger partial charge on any atom is 0.209 e. The van der Waals surface area contributed by atoms with Gasteiger partial charge in [-0.2, -0.15) is 0 Å². The monoisotopic (exact) mass is 356 g/mol. The molecule has 7 nitrogen and oxygen atoms in total. The van der Waals surface area contributed by atoms with E-state index in [0.717, 1.165) is 48.1 Å². The van der Waals surface area contributed by atoms with Crippen molar-refractivity contribution >= 4 is 16.5 Å². The molecule has 1 fully saturated rings. The van der Waals surface area contributed by atoms with Crippen LogP contribution in [0.3, 0.4) is 0 Å². The molecule has 1 aliphatic heterocycles. The molecule has 0 amide bonds. The zero-order chi connectivity index (χ0) is 16.8. The van der Waals surface area contributed by atoms with Crippen LogP contribution in [0.1, 0.15) is 48.9 Å². The Morgan fingerprint density at radius 3 is 2.96 bits per heavy atom. The first-order chi connectivity index (χ1) is 12.3. The van der Waals surface area contributed by atoms with Gasteiger partial charge in [-0.25, -0.2) is 4.98 Å². The van der Waals surface area contributed by atoms with Gasteiger partial charge in [-0.15, -0.1) is 10.2 Å². The summed E-state index contributed by atoms with van der Waals surface area (Å²) < 4.78 is 7.25. The van der Waals surface area contributed by atoms with Crippen molar-refractivity contribution in [1.29, 1.82) is 0 Å². The maximum absolute atomic E-state index is 5.02. The number of hydrogen-bond donors (Lipinski definition) is 0. The second-order valence-electron chi connectivity index (χ2n) is 6.76. The summed E-state index contributed by atoms with van der Waals surface area (Å²) in [5.41, 5.74) is 3.47. The fourth-order valence-corrected chi connectivity index (χ4v) is 4.91. The first kappa shape index (κ1) is 15.1. The number of anilines is 1. The molecule has 0 unspecified atom stereocenters. The highest BCUT2D eigenvalue weighted by Crippen LogP contribution is 2.39. The van der Waals surface area contributed by atoms with Crippen LogP contribution in [0.15, 0.2) is 16.9 Å². The zero-order valence-electron chi connectivity index (χ0n) is 14.2. The molecule has 0 radical (unpaired) electrons. The highest BCUT2D eigenvalue weighted by Gasteiger charge is 2.33. The maximum atomic E-state index is 5.02. The Morgan fingerprint density at radius 2 is 2.12 bits per heavy atom. The molecule has 1 aliphatic carbocycles. The third-order valence-corrected chi connectivity index (χ3v) is 6.26. The Labute approximate surface area is 149 Å². The van der Waals surface area contributed by atoms with Crippen molar-refractivity contribution in [1.82, 2.24) is 24.9 Å². The summed E-state index contributed by atoms with van der Waals surface area (Å²) in [5.74, 6) is 1.18. The molecule has 3 aromatic heterocycles. The predicted molar refractivity (Wildman–Crippen MR) is 94.6 cm³/mol. The van der Waals surface area contributed by atoms with E-state index in [9.17, 15) is 0 Å². The Kier molecular flexibility index (Phi) is 3.58. The summed E-state index contributed by atoms with van der Waals surface area (Å²) in [5, 5.41) is 14.4. The lowest BCUT2D eigenvalue weighted by Gasteiger charge is -2.23. The number of aromatic nitrogens is 5. The Hall–Kier alpha value is -2.22. The Balaban J connectivity index is 1.48. The molecule has 8 heteroatoms. The number of fused-ring (bicyclic) bond motifs is 1. The van der Waals surface area contributed by atoms with Crippen molar-refractivity contribution in [3.8, 4) is 10.7 Å². The van der Waals surface area contributed by atoms with Crippen LogP contribution in [0.5, 0.6) is 0 Å². The van der Waals surface area contributed by atoms with E-state index in [-0.39, 0.29) is 6.04 Å². The fraction of sp³-hybridized carbons (Fsp3) is 0.529. The number of nitrogens with zero attached hydrogens (tertiary/aromatic N) is 6. The van der Waals surface area contributed by atoms with Gasteiger partial charge in [0.1, 0.15) is 17.8 Å². The minimum atomic E-state index is 0.286. The van der Waals surface area contributed by atoms with Crippen molar-refractivity contribution < 1.29 is 4.52 Å². The van der Waals surface area contributed by atoms with Crippen molar-refractivity contribution in [3.05, 3.63) is 29.5 Å². The molecule has 1 saturated heterocycles. The highest BCUT2D eigenvalue weighted by atomic mass is 32.1. The van der Waals surface area contributed by atoms with Crippen molar-refractivity contribution in [3.63, 3.8) is 0 Å². The van der Waals surface area contributed by atoms with E-state index in [1.807, 2.05) is 6.07 Å². The van der Waals surface area contributed by atoms with Gasteiger partial charge in [-0.05, 0) is 38.5 Å². The molecule has 130 valence electrons. The van der Waals surface area contributed by atoms with Gasteiger partial charge >= 0.3 is 0 Å². The molecule has 1 atom stereocenters. The van der Waals surface area contributed by atoms with E-state index >= 15 is 0 Å². The summed E-state index contributed by atoms with van der Waals surface area (Å²) in [7, 11) is 2.17. The third-order valence-electron chi connectivity index (χ3n) is 5.28. The van der Waals surface area contributed by atoms with Gasteiger partial charge in [0.05, 0.1) is 11.7 Å². The van der Waals surface area contributed by atoms with E-state index in [1.165, 1.54) is 30.1 Å². The first-order valence-electron chi connectivity index (χ1n) is 8.86. The second-order valence-corrected chi connectivity index (χ2v) is 7.71. The molecule has 0 saturated carbocycles. The molecular weight excluding hydrogens is 336 g/mol. The molecular formula is C17H20N6OS. The zero-order valence-corrected chi connectivity index (χ0v) is 15.0. The van der Waals surface area contributed by atoms with Crippen molar-refractivity contribution in [2.45, 2.75) is 44.6 Å².